The number of aromatic nitrogens is 1. The molecule has 2 aromatic rings. The molecule has 0 radical (unpaired) electrons. The standard InChI is InChI=1S/C19H23N3O/c1-13-11-21-9-10-22(17-12-20-7-5-14(17)6-8-20)19(23)16-4-2-3-15(13)18(16)21/h2-4,11,14,17H,5-10,12H2,1H3/t17-/m1/s1. The molecule has 1 aromatic carbocycles. The minimum absolute atomic E-state index is 0.242. The van der Waals surface area contributed by atoms with Crippen LogP contribution in [0.3, 0.4) is 0 Å². The van der Waals surface area contributed by atoms with Crippen LogP contribution in [0.2, 0.25) is 0 Å². The Morgan fingerprint density at radius 1 is 1.09 bits per heavy atom. The summed E-state index contributed by atoms with van der Waals surface area (Å²) < 4.78 is 2.29. The fourth-order valence-electron chi connectivity index (χ4n) is 4.96. The van der Waals surface area contributed by atoms with Gasteiger partial charge in [0, 0.05) is 37.3 Å². The Hall–Kier alpha value is -1.81. The number of rotatable bonds is 1. The van der Waals surface area contributed by atoms with Crippen molar-refractivity contribution in [3.05, 3.63) is 35.5 Å². The minimum atomic E-state index is 0.242. The molecule has 120 valence electrons. The van der Waals surface area contributed by atoms with Crippen molar-refractivity contribution in [2.45, 2.75) is 32.4 Å². The minimum Gasteiger partial charge on any atom is -0.345 e. The van der Waals surface area contributed by atoms with Gasteiger partial charge in [-0.25, -0.2) is 0 Å². The van der Waals surface area contributed by atoms with Crippen molar-refractivity contribution < 1.29 is 4.79 Å². The van der Waals surface area contributed by atoms with E-state index in [9.17, 15) is 4.79 Å². The van der Waals surface area contributed by atoms with E-state index in [-0.39, 0.29) is 5.91 Å². The van der Waals surface area contributed by atoms with E-state index in [1.165, 1.54) is 36.9 Å². The van der Waals surface area contributed by atoms with Crippen LogP contribution in [0.15, 0.2) is 24.4 Å². The number of carbonyl (C=O) groups excluding carboxylic acids is 1. The highest BCUT2D eigenvalue weighted by atomic mass is 16.2. The molecule has 1 amide bonds. The van der Waals surface area contributed by atoms with Crippen molar-refractivity contribution in [3.63, 3.8) is 0 Å². The summed E-state index contributed by atoms with van der Waals surface area (Å²) in [5, 5.41) is 1.23. The van der Waals surface area contributed by atoms with Gasteiger partial charge in [0.1, 0.15) is 0 Å². The van der Waals surface area contributed by atoms with Gasteiger partial charge in [0.25, 0.3) is 5.91 Å². The highest BCUT2D eigenvalue weighted by molar-refractivity contribution is 6.07. The normalized spacial score (nSPS) is 30.0. The first-order valence-electron chi connectivity index (χ1n) is 8.84. The molecular weight excluding hydrogens is 286 g/mol. The van der Waals surface area contributed by atoms with E-state index in [1.807, 2.05) is 12.1 Å². The van der Waals surface area contributed by atoms with E-state index in [0.717, 1.165) is 30.7 Å². The first-order chi connectivity index (χ1) is 11.2. The number of piperidine rings is 3. The van der Waals surface area contributed by atoms with Gasteiger partial charge in [-0.1, -0.05) is 12.1 Å². The maximum Gasteiger partial charge on any atom is 0.256 e. The molecule has 23 heavy (non-hydrogen) atoms. The maximum atomic E-state index is 13.3. The van der Waals surface area contributed by atoms with Gasteiger partial charge in [-0.15, -0.1) is 0 Å². The van der Waals surface area contributed by atoms with Crippen LogP contribution in [-0.2, 0) is 6.54 Å². The lowest BCUT2D eigenvalue weighted by atomic mass is 9.83. The zero-order valence-corrected chi connectivity index (χ0v) is 13.7. The highest BCUT2D eigenvalue weighted by Crippen LogP contribution is 2.34. The number of aryl methyl sites for hydroxylation is 1. The van der Waals surface area contributed by atoms with E-state index >= 15 is 0 Å². The molecule has 3 saturated heterocycles. The maximum absolute atomic E-state index is 13.3. The van der Waals surface area contributed by atoms with Crippen LogP contribution in [0.4, 0.5) is 0 Å². The zero-order chi connectivity index (χ0) is 15.6. The molecule has 4 aliphatic rings. The van der Waals surface area contributed by atoms with E-state index in [2.05, 4.69) is 33.6 Å². The molecule has 4 heteroatoms. The number of fused-ring (bicyclic) bond motifs is 3. The van der Waals surface area contributed by atoms with Gasteiger partial charge < -0.3 is 14.4 Å². The SMILES string of the molecule is Cc1cn2c3c(cccc13)C(=O)N([C@@H]1CN3CCC1CC3)CC2. The summed E-state index contributed by atoms with van der Waals surface area (Å²) in [5.74, 6) is 0.938. The molecule has 1 atom stereocenters. The molecule has 6 rings (SSSR count). The average molecular weight is 309 g/mol. The summed E-state index contributed by atoms with van der Waals surface area (Å²) in [5.41, 5.74) is 3.30. The van der Waals surface area contributed by atoms with Crippen LogP contribution >= 0.6 is 0 Å². The summed E-state index contributed by atoms with van der Waals surface area (Å²) >= 11 is 0. The Kier molecular flexibility index (Phi) is 2.87. The molecular formula is C19H23N3O. The third-order valence-corrected chi connectivity index (χ3v) is 6.19. The molecule has 4 aliphatic heterocycles. The molecule has 3 fully saturated rings. The third-order valence-electron chi connectivity index (χ3n) is 6.19. The molecule has 0 aliphatic carbocycles. The molecule has 0 saturated carbocycles. The largest absolute Gasteiger partial charge is 0.345 e. The summed E-state index contributed by atoms with van der Waals surface area (Å²) in [7, 11) is 0. The predicted molar refractivity (Wildman–Crippen MR) is 90.7 cm³/mol. The van der Waals surface area contributed by atoms with Crippen LogP contribution in [0.1, 0.15) is 28.8 Å². The van der Waals surface area contributed by atoms with Gasteiger partial charge in [0.2, 0.25) is 0 Å². The van der Waals surface area contributed by atoms with Crippen molar-refractivity contribution in [1.29, 1.82) is 0 Å². The Morgan fingerprint density at radius 2 is 1.91 bits per heavy atom. The summed E-state index contributed by atoms with van der Waals surface area (Å²) in [4.78, 5) is 18.0. The van der Waals surface area contributed by atoms with Gasteiger partial charge >= 0.3 is 0 Å². The number of nitrogens with zero attached hydrogens (tertiary/aromatic N) is 3. The van der Waals surface area contributed by atoms with E-state index < -0.39 is 0 Å². The monoisotopic (exact) mass is 309 g/mol. The lowest BCUT2D eigenvalue weighted by molar-refractivity contribution is 0.00727. The fraction of sp³-hybridized carbons (Fsp3) is 0.526. The molecule has 4 nitrogen and oxygen atoms in total. The Labute approximate surface area is 136 Å². The van der Waals surface area contributed by atoms with Crippen molar-refractivity contribution in [3.8, 4) is 0 Å². The second-order valence-electron chi connectivity index (χ2n) is 7.41. The molecule has 0 N–H and O–H groups in total. The number of carbonyl (C=O) groups is 1. The lowest BCUT2D eigenvalue weighted by Crippen LogP contribution is -2.58. The van der Waals surface area contributed by atoms with Gasteiger partial charge in [-0.05, 0) is 50.4 Å². The summed E-state index contributed by atoms with van der Waals surface area (Å²) in [6.45, 7) is 7.40. The highest BCUT2D eigenvalue weighted by Gasteiger charge is 2.40. The second-order valence-corrected chi connectivity index (χ2v) is 7.41. The van der Waals surface area contributed by atoms with Crippen LogP contribution in [0.25, 0.3) is 10.9 Å². The molecule has 5 heterocycles. The predicted octanol–water partition coefficient (Wildman–Crippen LogP) is 2.50. The van der Waals surface area contributed by atoms with Crippen molar-refractivity contribution in [1.82, 2.24) is 14.4 Å². The van der Waals surface area contributed by atoms with Crippen molar-refractivity contribution >= 4 is 16.8 Å². The van der Waals surface area contributed by atoms with Crippen LogP contribution < -0.4 is 0 Å². The first kappa shape index (κ1) is 13.6. The van der Waals surface area contributed by atoms with Gasteiger partial charge in [0.05, 0.1) is 11.1 Å². The number of amides is 1. The molecule has 0 unspecified atom stereocenters. The topological polar surface area (TPSA) is 28.5 Å². The zero-order valence-electron chi connectivity index (χ0n) is 13.7. The molecule has 2 bridgehead atoms. The Balaban J connectivity index is 1.58. The van der Waals surface area contributed by atoms with E-state index in [4.69, 9.17) is 0 Å². The van der Waals surface area contributed by atoms with Gasteiger partial charge in [-0.2, -0.15) is 0 Å². The Morgan fingerprint density at radius 3 is 2.65 bits per heavy atom. The smallest absolute Gasteiger partial charge is 0.256 e. The second kappa shape index (κ2) is 4.84. The van der Waals surface area contributed by atoms with E-state index in [0.29, 0.717) is 12.0 Å². The number of hydrogen-bond acceptors (Lipinski definition) is 2. The van der Waals surface area contributed by atoms with Crippen molar-refractivity contribution in [2.75, 3.05) is 26.2 Å². The number of para-hydroxylation sites is 1. The summed E-state index contributed by atoms with van der Waals surface area (Å²) in [6.07, 6.45) is 4.72. The quantitative estimate of drug-likeness (QED) is 0.810. The number of benzene rings is 1. The Bertz CT molecular complexity index is 785. The van der Waals surface area contributed by atoms with Gasteiger partial charge in [0.15, 0.2) is 0 Å². The first-order valence-corrected chi connectivity index (χ1v) is 8.84. The third kappa shape index (κ3) is 1.91. The molecule has 0 spiro atoms. The van der Waals surface area contributed by atoms with Crippen LogP contribution in [0, 0.1) is 12.8 Å². The average Bonchev–Trinajstić information content (AvgIpc) is 2.85. The van der Waals surface area contributed by atoms with Crippen molar-refractivity contribution in [2.24, 2.45) is 5.92 Å². The molecule has 1 aromatic heterocycles. The summed E-state index contributed by atoms with van der Waals surface area (Å²) in [6, 6.07) is 6.60. The number of hydrogen-bond donors (Lipinski definition) is 0. The van der Waals surface area contributed by atoms with Gasteiger partial charge in [-0.3, -0.25) is 4.79 Å². The van der Waals surface area contributed by atoms with Crippen LogP contribution in [-0.4, -0.2) is 52.5 Å². The lowest BCUT2D eigenvalue weighted by Gasteiger charge is -2.48. The van der Waals surface area contributed by atoms with E-state index in [1.54, 1.807) is 0 Å². The fourth-order valence-corrected chi connectivity index (χ4v) is 4.96. The van der Waals surface area contributed by atoms with Crippen LogP contribution in [0.5, 0.6) is 0 Å².